The average molecular weight is 310 g/mol. The summed E-state index contributed by atoms with van der Waals surface area (Å²) in [4.78, 5) is 15.9. The molecule has 18 heavy (non-hydrogen) atoms. The number of aromatic nitrogens is 4. The average Bonchev–Trinajstić information content (AvgIpc) is 2.84. The highest BCUT2D eigenvalue weighted by Gasteiger charge is 2.12. The molecule has 0 spiro atoms. The van der Waals surface area contributed by atoms with E-state index >= 15 is 0 Å². The molecule has 6 nitrogen and oxygen atoms in total. The molecule has 0 aromatic carbocycles. The van der Waals surface area contributed by atoms with E-state index in [1.165, 1.54) is 0 Å². The molecule has 0 aliphatic carbocycles. The fourth-order valence-electron chi connectivity index (χ4n) is 1.48. The summed E-state index contributed by atoms with van der Waals surface area (Å²) in [5.41, 5.74) is 0.361. The summed E-state index contributed by atoms with van der Waals surface area (Å²) >= 11 is 3.29. The van der Waals surface area contributed by atoms with E-state index in [9.17, 15) is 4.79 Å². The highest BCUT2D eigenvalue weighted by molar-refractivity contribution is 9.10. The van der Waals surface area contributed by atoms with Gasteiger partial charge in [0.25, 0.3) is 5.91 Å². The van der Waals surface area contributed by atoms with Crippen LogP contribution in [-0.2, 0) is 13.1 Å². The topological polar surface area (TPSA) is 72.7 Å². The van der Waals surface area contributed by atoms with E-state index in [4.69, 9.17) is 0 Å². The molecule has 2 rings (SSSR count). The fourth-order valence-corrected chi connectivity index (χ4v) is 1.91. The molecule has 94 valence electrons. The van der Waals surface area contributed by atoms with Crippen molar-refractivity contribution in [3.05, 3.63) is 40.6 Å². The minimum absolute atomic E-state index is 0.242. The van der Waals surface area contributed by atoms with Crippen molar-refractivity contribution in [2.24, 2.45) is 0 Å². The van der Waals surface area contributed by atoms with Gasteiger partial charge >= 0.3 is 0 Å². The van der Waals surface area contributed by atoms with E-state index in [1.54, 1.807) is 24.7 Å². The molecule has 2 heterocycles. The smallest absolute Gasteiger partial charge is 0.271 e. The van der Waals surface area contributed by atoms with Gasteiger partial charge in [-0.2, -0.15) is 0 Å². The first-order valence-electron chi connectivity index (χ1n) is 5.47. The maximum absolute atomic E-state index is 11.9. The summed E-state index contributed by atoms with van der Waals surface area (Å²) in [6, 6.07) is 3.53. The van der Waals surface area contributed by atoms with E-state index in [0.29, 0.717) is 16.7 Å². The van der Waals surface area contributed by atoms with Gasteiger partial charge in [-0.15, -0.1) is 10.2 Å². The zero-order chi connectivity index (χ0) is 13.0. The predicted molar refractivity (Wildman–Crippen MR) is 68.8 cm³/mol. The van der Waals surface area contributed by atoms with E-state index < -0.39 is 0 Å². The lowest BCUT2D eigenvalue weighted by atomic mass is 10.3. The minimum Gasteiger partial charge on any atom is -0.343 e. The quantitative estimate of drug-likeness (QED) is 0.926. The second-order valence-electron chi connectivity index (χ2n) is 3.55. The maximum Gasteiger partial charge on any atom is 0.271 e. The molecule has 0 saturated carbocycles. The predicted octanol–water partition coefficient (Wildman–Crippen LogP) is 1.39. The Balaban J connectivity index is 2.03. The number of hydrogen-bond acceptors (Lipinski definition) is 4. The number of nitrogens with one attached hydrogen (secondary N) is 1. The zero-order valence-electron chi connectivity index (χ0n) is 9.80. The standard InChI is InChI=1S/C11H12BrN5O/c1-2-17-7-15-16-9(17)6-14-11(18)10-8(12)4-3-5-13-10/h3-5,7H,2,6H2,1H3,(H,14,18). The first kappa shape index (κ1) is 12.7. The number of carbonyl (C=O) groups is 1. The fraction of sp³-hybridized carbons (Fsp3) is 0.273. The molecular formula is C11H12BrN5O. The monoisotopic (exact) mass is 309 g/mol. The van der Waals surface area contributed by atoms with E-state index in [1.807, 2.05) is 11.5 Å². The number of nitrogens with zero attached hydrogens (tertiary/aromatic N) is 4. The van der Waals surface area contributed by atoms with Crippen molar-refractivity contribution in [3.63, 3.8) is 0 Å². The van der Waals surface area contributed by atoms with Crippen LogP contribution in [0.3, 0.4) is 0 Å². The van der Waals surface area contributed by atoms with Gasteiger partial charge in [-0.05, 0) is 35.0 Å². The van der Waals surface area contributed by atoms with Crippen LogP contribution in [0, 0.1) is 0 Å². The van der Waals surface area contributed by atoms with Crippen LogP contribution < -0.4 is 5.32 Å². The lowest BCUT2D eigenvalue weighted by molar-refractivity contribution is 0.0943. The summed E-state index contributed by atoms with van der Waals surface area (Å²) < 4.78 is 2.53. The molecule has 0 radical (unpaired) electrons. The Morgan fingerprint density at radius 1 is 1.56 bits per heavy atom. The van der Waals surface area contributed by atoms with E-state index in [0.717, 1.165) is 12.4 Å². The Kier molecular flexibility index (Phi) is 4.03. The van der Waals surface area contributed by atoms with Crippen molar-refractivity contribution < 1.29 is 4.79 Å². The van der Waals surface area contributed by atoms with Crippen LogP contribution in [0.25, 0.3) is 0 Å². The second kappa shape index (κ2) is 5.72. The second-order valence-corrected chi connectivity index (χ2v) is 4.40. The Morgan fingerprint density at radius 3 is 3.11 bits per heavy atom. The van der Waals surface area contributed by atoms with Gasteiger partial charge in [-0.3, -0.25) is 4.79 Å². The van der Waals surface area contributed by atoms with Gasteiger partial charge in [-0.25, -0.2) is 4.98 Å². The molecule has 2 aromatic rings. The van der Waals surface area contributed by atoms with Crippen LogP contribution in [0.2, 0.25) is 0 Å². The molecule has 0 unspecified atom stereocenters. The van der Waals surface area contributed by atoms with Gasteiger partial charge in [0, 0.05) is 17.2 Å². The third kappa shape index (κ3) is 2.73. The Bertz CT molecular complexity index is 554. The summed E-state index contributed by atoms with van der Waals surface area (Å²) in [6.45, 7) is 3.09. The van der Waals surface area contributed by atoms with Crippen LogP contribution >= 0.6 is 15.9 Å². The van der Waals surface area contributed by atoms with Crippen molar-refractivity contribution in [1.29, 1.82) is 0 Å². The lowest BCUT2D eigenvalue weighted by Gasteiger charge is -2.06. The molecule has 0 fully saturated rings. The zero-order valence-corrected chi connectivity index (χ0v) is 11.4. The van der Waals surface area contributed by atoms with E-state index in [2.05, 4.69) is 36.4 Å². The number of hydrogen-bond donors (Lipinski definition) is 1. The minimum atomic E-state index is -0.242. The highest BCUT2D eigenvalue weighted by atomic mass is 79.9. The molecule has 2 aromatic heterocycles. The first-order chi connectivity index (χ1) is 8.72. The molecule has 0 atom stereocenters. The SMILES string of the molecule is CCn1cnnc1CNC(=O)c1ncccc1Br. The number of rotatable bonds is 4. The molecule has 0 saturated heterocycles. The Labute approximate surface area is 113 Å². The third-order valence-corrected chi connectivity index (χ3v) is 3.06. The van der Waals surface area contributed by atoms with E-state index in [-0.39, 0.29) is 5.91 Å². The molecule has 0 aliphatic rings. The third-order valence-electron chi connectivity index (χ3n) is 2.42. The number of pyridine rings is 1. The van der Waals surface area contributed by atoms with Gasteiger partial charge in [0.2, 0.25) is 0 Å². The van der Waals surface area contributed by atoms with Crippen LogP contribution in [0.5, 0.6) is 0 Å². The summed E-state index contributed by atoms with van der Waals surface area (Å²) in [7, 11) is 0. The summed E-state index contributed by atoms with van der Waals surface area (Å²) in [5, 5.41) is 10.5. The van der Waals surface area contributed by atoms with Gasteiger partial charge < -0.3 is 9.88 Å². The number of aryl methyl sites for hydroxylation is 1. The van der Waals surface area contributed by atoms with Gasteiger partial charge in [0.15, 0.2) is 5.82 Å². The first-order valence-corrected chi connectivity index (χ1v) is 6.27. The molecular weight excluding hydrogens is 298 g/mol. The van der Waals surface area contributed by atoms with Crippen molar-refractivity contribution in [1.82, 2.24) is 25.1 Å². The van der Waals surface area contributed by atoms with Gasteiger partial charge in [-0.1, -0.05) is 0 Å². The van der Waals surface area contributed by atoms with Crippen molar-refractivity contribution in [2.75, 3.05) is 0 Å². The summed E-state index contributed by atoms with van der Waals surface area (Å²) in [6.07, 6.45) is 3.21. The largest absolute Gasteiger partial charge is 0.343 e. The van der Waals surface area contributed by atoms with Crippen LogP contribution in [0.4, 0.5) is 0 Å². The lowest BCUT2D eigenvalue weighted by Crippen LogP contribution is -2.25. The van der Waals surface area contributed by atoms with Crippen LogP contribution in [0.15, 0.2) is 29.1 Å². The van der Waals surface area contributed by atoms with Gasteiger partial charge in [0.1, 0.15) is 12.0 Å². The molecule has 0 bridgehead atoms. The van der Waals surface area contributed by atoms with Crippen molar-refractivity contribution in [2.45, 2.75) is 20.0 Å². The number of halogens is 1. The Morgan fingerprint density at radius 2 is 2.39 bits per heavy atom. The Hall–Kier alpha value is -1.76. The normalized spacial score (nSPS) is 10.3. The molecule has 1 N–H and O–H groups in total. The molecule has 1 amide bonds. The van der Waals surface area contributed by atoms with Crippen molar-refractivity contribution in [3.8, 4) is 0 Å². The molecule has 0 aliphatic heterocycles. The number of carbonyl (C=O) groups excluding carboxylic acids is 1. The summed E-state index contributed by atoms with van der Waals surface area (Å²) in [5.74, 6) is 0.478. The maximum atomic E-state index is 11.9. The highest BCUT2D eigenvalue weighted by Crippen LogP contribution is 2.12. The van der Waals surface area contributed by atoms with Crippen LogP contribution in [0.1, 0.15) is 23.2 Å². The van der Waals surface area contributed by atoms with Crippen molar-refractivity contribution >= 4 is 21.8 Å². The van der Waals surface area contributed by atoms with Crippen LogP contribution in [-0.4, -0.2) is 25.7 Å². The van der Waals surface area contributed by atoms with Gasteiger partial charge in [0.05, 0.1) is 6.54 Å². The molecule has 7 heteroatoms. The number of amides is 1.